The molecule has 11 heteroatoms. The van der Waals surface area contributed by atoms with Crippen LogP contribution in [0.4, 0.5) is 5.69 Å². The van der Waals surface area contributed by atoms with Gasteiger partial charge in [0.25, 0.3) is 11.8 Å². The van der Waals surface area contributed by atoms with Crippen molar-refractivity contribution in [3.63, 3.8) is 0 Å². The van der Waals surface area contributed by atoms with E-state index in [2.05, 4.69) is 10.3 Å². The Morgan fingerprint density at radius 1 is 0.951 bits per heavy atom. The van der Waals surface area contributed by atoms with Gasteiger partial charge in [-0.05, 0) is 74.0 Å². The van der Waals surface area contributed by atoms with Crippen LogP contribution in [0.2, 0.25) is 5.02 Å². The number of rotatable bonds is 11. The van der Waals surface area contributed by atoms with Gasteiger partial charge in [-0.3, -0.25) is 19.5 Å². The molecule has 0 saturated heterocycles. The van der Waals surface area contributed by atoms with Crippen LogP contribution >= 0.6 is 11.6 Å². The van der Waals surface area contributed by atoms with Crippen molar-refractivity contribution in [2.24, 2.45) is 0 Å². The number of hydrogen-bond acceptors (Lipinski definition) is 7. The maximum Gasteiger partial charge on any atom is 0.261 e. The lowest BCUT2D eigenvalue weighted by molar-refractivity contribution is 0.0651. The number of nitrogens with zero attached hydrogens (tertiary/aromatic N) is 3. The third-order valence-electron chi connectivity index (χ3n) is 6.94. The van der Waals surface area contributed by atoms with Crippen LogP contribution in [-0.4, -0.2) is 67.7 Å². The van der Waals surface area contributed by atoms with Crippen LogP contribution in [0.15, 0.2) is 77.7 Å². The van der Waals surface area contributed by atoms with E-state index in [1.165, 1.54) is 28.4 Å². The number of benzene rings is 3. The van der Waals surface area contributed by atoms with E-state index >= 15 is 0 Å². The number of methoxy groups -OCH3 is 1. The van der Waals surface area contributed by atoms with E-state index in [4.69, 9.17) is 16.3 Å². The lowest BCUT2D eigenvalue weighted by Crippen LogP contribution is -2.38. The first-order valence-electron chi connectivity index (χ1n) is 13.1. The summed E-state index contributed by atoms with van der Waals surface area (Å²) >= 11 is 6.22. The van der Waals surface area contributed by atoms with E-state index in [0.717, 1.165) is 22.3 Å². The van der Waals surface area contributed by atoms with Gasteiger partial charge in [-0.25, -0.2) is 8.42 Å². The standard InChI is InChI=1S/C30H29ClN4O5S/c1-20-18-28(26-19-21(31)8-13-27(26)33-20)32-14-17-34(41(38,39)23-11-9-22(40-2)10-12-23)15-5-16-35-29(36)24-6-3-4-7-25(24)30(35)37/h3-4,6-13,18-19H,5,14-17H2,1-2H3,(H,32,33). The highest BCUT2D eigenvalue weighted by Crippen LogP contribution is 2.27. The van der Waals surface area contributed by atoms with Crippen molar-refractivity contribution in [1.82, 2.24) is 14.2 Å². The molecule has 5 rings (SSSR count). The van der Waals surface area contributed by atoms with Crippen LogP contribution in [0, 0.1) is 6.92 Å². The number of aryl methyl sites for hydroxylation is 1. The number of imide groups is 1. The first-order valence-corrected chi connectivity index (χ1v) is 14.9. The molecule has 0 atom stereocenters. The lowest BCUT2D eigenvalue weighted by Gasteiger charge is -2.24. The maximum atomic E-state index is 13.7. The van der Waals surface area contributed by atoms with Gasteiger partial charge in [-0.2, -0.15) is 4.31 Å². The number of ether oxygens (including phenoxy) is 1. The number of carbonyl (C=O) groups is 2. The predicted molar refractivity (Wildman–Crippen MR) is 158 cm³/mol. The molecule has 2 heterocycles. The van der Waals surface area contributed by atoms with Gasteiger partial charge in [-0.15, -0.1) is 0 Å². The first-order chi connectivity index (χ1) is 19.7. The number of fused-ring (bicyclic) bond motifs is 2. The second-order valence-corrected chi connectivity index (χ2v) is 12.0. The molecule has 0 saturated carbocycles. The Morgan fingerprint density at radius 2 is 1.63 bits per heavy atom. The highest BCUT2D eigenvalue weighted by molar-refractivity contribution is 7.89. The fourth-order valence-electron chi connectivity index (χ4n) is 4.89. The number of amides is 2. The third-order valence-corrected chi connectivity index (χ3v) is 9.09. The molecule has 1 aromatic heterocycles. The molecule has 0 bridgehead atoms. The average molecular weight is 593 g/mol. The summed E-state index contributed by atoms with van der Waals surface area (Å²) in [5.41, 5.74) is 3.11. The molecule has 1 N–H and O–H groups in total. The van der Waals surface area contributed by atoms with E-state index in [9.17, 15) is 18.0 Å². The molecule has 212 valence electrons. The SMILES string of the molecule is COc1ccc(S(=O)(=O)N(CCCN2C(=O)c3ccccc3C2=O)CCNc2cc(C)nc3ccc(Cl)cc23)cc1. The smallest absolute Gasteiger partial charge is 0.261 e. The van der Waals surface area contributed by atoms with E-state index in [1.54, 1.807) is 42.5 Å². The van der Waals surface area contributed by atoms with Crippen molar-refractivity contribution in [3.8, 4) is 5.75 Å². The highest BCUT2D eigenvalue weighted by Gasteiger charge is 2.35. The number of nitrogens with one attached hydrogen (secondary N) is 1. The Labute approximate surface area is 243 Å². The van der Waals surface area contributed by atoms with Gasteiger partial charge in [-0.1, -0.05) is 23.7 Å². The Morgan fingerprint density at radius 3 is 2.29 bits per heavy atom. The number of halogens is 1. The van der Waals surface area contributed by atoms with Gasteiger partial charge in [0.15, 0.2) is 0 Å². The molecule has 0 fully saturated rings. The lowest BCUT2D eigenvalue weighted by atomic mass is 10.1. The highest BCUT2D eigenvalue weighted by atomic mass is 35.5. The van der Waals surface area contributed by atoms with Crippen LogP contribution < -0.4 is 10.1 Å². The quantitative estimate of drug-likeness (QED) is 0.244. The molecule has 0 unspecified atom stereocenters. The largest absolute Gasteiger partial charge is 0.497 e. The molecule has 4 aromatic rings. The second-order valence-electron chi connectivity index (χ2n) is 9.64. The van der Waals surface area contributed by atoms with E-state index < -0.39 is 10.0 Å². The number of sulfonamides is 1. The zero-order valence-electron chi connectivity index (χ0n) is 22.6. The molecular weight excluding hydrogens is 564 g/mol. The summed E-state index contributed by atoms with van der Waals surface area (Å²) in [6.07, 6.45) is 0.272. The zero-order chi connectivity index (χ0) is 29.1. The molecule has 0 spiro atoms. The molecule has 1 aliphatic rings. The van der Waals surface area contributed by atoms with Gasteiger partial charge >= 0.3 is 0 Å². The summed E-state index contributed by atoms with van der Waals surface area (Å²) in [7, 11) is -2.39. The number of carbonyl (C=O) groups excluding carboxylic acids is 2. The number of aromatic nitrogens is 1. The van der Waals surface area contributed by atoms with Crippen molar-refractivity contribution in [3.05, 3.63) is 94.6 Å². The predicted octanol–water partition coefficient (Wildman–Crippen LogP) is 4.99. The van der Waals surface area contributed by atoms with E-state index in [1.807, 2.05) is 25.1 Å². The Bertz CT molecular complexity index is 1690. The van der Waals surface area contributed by atoms with E-state index in [-0.39, 0.29) is 42.8 Å². The van der Waals surface area contributed by atoms with Crippen LogP contribution in [0.1, 0.15) is 32.8 Å². The molecule has 2 amide bonds. The van der Waals surface area contributed by atoms with Gasteiger partial charge in [0.2, 0.25) is 10.0 Å². The van der Waals surface area contributed by atoms with Gasteiger partial charge in [0.05, 0.1) is 28.6 Å². The minimum atomic E-state index is -3.90. The Kier molecular flexibility index (Phi) is 8.25. The summed E-state index contributed by atoms with van der Waals surface area (Å²) < 4.78 is 33.9. The van der Waals surface area contributed by atoms with Crippen molar-refractivity contribution in [2.45, 2.75) is 18.2 Å². The first kappa shape index (κ1) is 28.5. The Balaban J connectivity index is 1.33. The number of hydrogen-bond donors (Lipinski definition) is 1. The summed E-state index contributed by atoms with van der Waals surface area (Å²) in [4.78, 5) is 31.4. The topological polar surface area (TPSA) is 109 Å². The van der Waals surface area contributed by atoms with Crippen molar-refractivity contribution < 1.29 is 22.7 Å². The monoisotopic (exact) mass is 592 g/mol. The number of pyridine rings is 1. The average Bonchev–Trinajstić information content (AvgIpc) is 3.21. The zero-order valence-corrected chi connectivity index (χ0v) is 24.2. The van der Waals surface area contributed by atoms with Crippen LogP contribution in [0.5, 0.6) is 5.75 Å². The molecule has 1 aliphatic heterocycles. The second kappa shape index (κ2) is 11.9. The van der Waals surface area contributed by atoms with Gasteiger partial charge < -0.3 is 10.1 Å². The summed E-state index contributed by atoms with van der Waals surface area (Å²) in [5, 5.41) is 4.75. The van der Waals surface area contributed by atoms with Crippen LogP contribution in [0.3, 0.4) is 0 Å². The molecule has 0 radical (unpaired) electrons. The van der Waals surface area contributed by atoms with Crippen molar-refractivity contribution >= 4 is 50.0 Å². The summed E-state index contributed by atoms with van der Waals surface area (Å²) in [6.45, 7) is 2.53. The summed E-state index contributed by atoms with van der Waals surface area (Å²) in [5.74, 6) is -0.188. The molecule has 0 aliphatic carbocycles. The van der Waals surface area contributed by atoms with Gasteiger partial charge in [0, 0.05) is 48.0 Å². The third kappa shape index (κ3) is 5.90. The summed E-state index contributed by atoms with van der Waals surface area (Å²) in [6, 6.07) is 20.2. The van der Waals surface area contributed by atoms with Crippen LogP contribution in [0.25, 0.3) is 10.9 Å². The molecular formula is C30H29ClN4O5S. The van der Waals surface area contributed by atoms with Crippen LogP contribution in [-0.2, 0) is 10.0 Å². The van der Waals surface area contributed by atoms with Crippen molar-refractivity contribution in [1.29, 1.82) is 0 Å². The number of anilines is 1. The molecule has 3 aromatic carbocycles. The normalized spacial score (nSPS) is 13.2. The fourth-order valence-corrected chi connectivity index (χ4v) is 6.54. The minimum absolute atomic E-state index is 0.0983. The Hall–Kier alpha value is -3.99. The van der Waals surface area contributed by atoms with Gasteiger partial charge in [0.1, 0.15) is 5.75 Å². The minimum Gasteiger partial charge on any atom is -0.497 e. The fraction of sp³-hybridized carbons (Fsp3) is 0.233. The maximum absolute atomic E-state index is 13.7. The molecule has 41 heavy (non-hydrogen) atoms. The van der Waals surface area contributed by atoms with Crippen molar-refractivity contribution in [2.75, 3.05) is 38.6 Å². The molecule has 9 nitrogen and oxygen atoms in total. The van der Waals surface area contributed by atoms with E-state index in [0.29, 0.717) is 28.4 Å².